The first-order valence-corrected chi connectivity index (χ1v) is 16.4. The predicted molar refractivity (Wildman–Crippen MR) is 163 cm³/mol. The zero-order valence-corrected chi connectivity index (χ0v) is 24.9. The Hall–Kier alpha value is -2.81. The Morgan fingerprint density at radius 2 is 2.00 bits per heavy atom. The molecule has 0 radical (unpaired) electrons. The number of carbonyl (C=O) groups excluding carboxylic acids is 1. The molecule has 1 spiro atoms. The van der Waals surface area contributed by atoms with Gasteiger partial charge in [-0.1, -0.05) is 29.8 Å². The van der Waals surface area contributed by atoms with Gasteiger partial charge < -0.3 is 14.7 Å². The molecule has 9 heteroatoms. The third-order valence-electron chi connectivity index (χ3n) is 8.93. The number of halogens is 1. The van der Waals surface area contributed by atoms with Gasteiger partial charge in [-0.25, -0.2) is 13.1 Å². The van der Waals surface area contributed by atoms with Gasteiger partial charge in [0.15, 0.2) is 0 Å². The van der Waals surface area contributed by atoms with Crippen LogP contribution in [0.1, 0.15) is 60.0 Å². The van der Waals surface area contributed by atoms with Crippen molar-refractivity contribution in [3.8, 4) is 5.75 Å². The third-order valence-corrected chi connectivity index (χ3v) is 10.3. The van der Waals surface area contributed by atoms with E-state index >= 15 is 0 Å². The number of nitrogens with zero attached hydrogens (tertiary/aromatic N) is 1. The Bertz CT molecular complexity index is 1430. The molecule has 1 heterocycles. The molecule has 2 aromatic carbocycles. The minimum absolute atomic E-state index is 0.253. The van der Waals surface area contributed by atoms with Crippen molar-refractivity contribution in [1.82, 2.24) is 4.72 Å². The third kappa shape index (κ3) is 6.50. The summed E-state index contributed by atoms with van der Waals surface area (Å²) >= 11 is 6.37. The van der Waals surface area contributed by atoms with E-state index in [4.69, 9.17) is 16.3 Å². The molecule has 2 aliphatic carbocycles. The second kappa shape index (κ2) is 12.2. The molecule has 1 aliphatic heterocycles. The molecule has 1 saturated carbocycles. The highest BCUT2D eigenvalue weighted by molar-refractivity contribution is 7.90. The summed E-state index contributed by atoms with van der Waals surface area (Å²) in [5.74, 6) is 0.444. The van der Waals surface area contributed by atoms with Gasteiger partial charge >= 0.3 is 0 Å². The van der Waals surface area contributed by atoms with Crippen LogP contribution in [0, 0.1) is 11.8 Å². The van der Waals surface area contributed by atoms with Crippen molar-refractivity contribution in [1.29, 1.82) is 0 Å². The number of aryl methyl sites for hydroxylation is 1. The van der Waals surface area contributed by atoms with Gasteiger partial charge in [0.1, 0.15) is 5.75 Å². The number of benzene rings is 2. The molecule has 0 bridgehead atoms. The molecular formula is C32H39ClN2O5S. The molecule has 1 amide bonds. The van der Waals surface area contributed by atoms with E-state index in [0.29, 0.717) is 37.2 Å². The van der Waals surface area contributed by atoms with Gasteiger partial charge in [0.05, 0.1) is 24.2 Å². The van der Waals surface area contributed by atoms with Crippen LogP contribution in [0.5, 0.6) is 5.75 Å². The van der Waals surface area contributed by atoms with Crippen LogP contribution in [-0.2, 0) is 21.9 Å². The average Bonchev–Trinajstić information content (AvgIpc) is 3.06. The van der Waals surface area contributed by atoms with E-state index in [0.717, 1.165) is 55.8 Å². The van der Waals surface area contributed by atoms with Crippen LogP contribution in [0.4, 0.5) is 5.69 Å². The van der Waals surface area contributed by atoms with Crippen molar-refractivity contribution in [2.24, 2.45) is 11.8 Å². The lowest BCUT2D eigenvalue weighted by Gasteiger charge is -2.45. The van der Waals surface area contributed by atoms with Crippen LogP contribution in [-0.4, -0.2) is 51.0 Å². The number of aliphatic hydroxyl groups excluding tert-OH is 1. The Balaban J connectivity index is 1.49. The van der Waals surface area contributed by atoms with Crippen LogP contribution >= 0.6 is 11.6 Å². The van der Waals surface area contributed by atoms with Crippen LogP contribution in [0.2, 0.25) is 5.02 Å². The molecule has 7 nitrogen and oxygen atoms in total. The molecule has 0 aromatic heterocycles. The monoisotopic (exact) mass is 598 g/mol. The van der Waals surface area contributed by atoms with Crippen LogP contribution < -0.4 is 14.4 Å². The number of sulfonamides is 1. The van der Waals surface area contributed by atoms with E-state index < -0.39 is 22.0 Å². The van der Waals surface area contributed by atoms with E-state index in [1.165, 1.54) is 17.2 Å². The molecule has 0 unspecified atom stereocenters. The lowest BCUT2D eigenvalue weighted by Crippen LogP contribution is -2.48. The fourth-order valence-electron chi connectivity index (χ4n) is 6.76. The van der Waals surface area contributed by atoms with Crippen molar-refractivity contribution in [3.63, 3.8) is 0 Å². The lowest BCUT2D eigenvalue weighted by molar-refractivity contribution is 0.0801. The highest BCUT2D eigenvalue weighted by Gasteiger charge is 2.43. The van der Waals surface area contributed by atoms with Gasteiger partial charge in [-0.15, -0.1) is 13.2 Å². The van der Waals surface area contributed by atoms with E-state index in [1.807, 2.05) is 6.07 Å². The van der Waals surface area contributed by atoms with Gasteiger partial charge in [0, 0.05) is 29.1 Å². The number of ether oxygens (including phenoxy) is 1. The minimum Gasteiger partial charge on any atom is -0.490 e. The van der Waals surface area contributed by atoms with Gasteiger partial charge in [0.25, 0.3) is 5.91 Å². The molecule has 2 N–H and O–H groups in total. The highest BCUT2D eigenvalue weighted by Crippen LogP contribution is 2.46. The van der Waals surface area contributed by atoms with Gasteiger partial charge in [-0.05, 0) is 98.2 Å². The summed E-state index contributed by atoms with van der Waals surface area (Å²) in [6.45, 7) is 9.18. The number of anilines is 1. The first-order valence-electron chi connectivity index (χ1n) is 14.4. The number of hydrogen-bond donors (Lipinski definition) is 2. The standard InChI is InChI=1S/C32H39ClN2O5S/c1-3-6-27(36)17-22-8-9-25(22)19-35-20-32(14-5-7-23-16-26(33)11-12-28(23)32)21-40-30-13-10-24(18-29(30)35)31(37)34-41(38,39)15-4-2/h3-4,10-13,16,18,22,25,27,36H,1-2,5-9,14-15,17,19-21H2,(H,34,37)/t22-,25-,27-,32-/m0/s1. The SMILES string of the molecule is C=CC[C@H](O)C[C@@H]1CC[C@H]1CN1C[C@@]2(CCCc3cc(Cl)ccc32)COc2ccc(C(=O)NS(=O)(=O)CC=C)cc21. The lowest BCUT2D eigenvalue weighted by atomic mass is 9.68. The van der Waals surface area contributed by atoms with Crippen molar-refractivity contribution in [2.75, 3.05) is 30.3 Å². The van der Waals surface area contributed by atoms with Crippen molar-refractivity contribution in [3.05, 3.63) is 83.4 Å². The van der Waals surface area contributed by atoms with E-state index in [1.54, 1.807) is 24.3 Å². The van der Waals surface area contributed by atoms with E-state index in [2.05, 4.69) is 34.9 Å². The maximum absolute atomic E-state index is 13.0. The number of fused-ring (bicyclic) bond motifs is 3. The number of hydrogen-bond acceptors (Lipinski definition) is 6. The first-order chi connectivity index (χ1) is 19.6. The largest absolute Gasteiger partial charge is 0.490 e. The molecule has 0 saturated heterocycles. The average molecular weight is 599 g/mol. The Morgan fingerprint density at radius 3 is 2.73 bits per heavy atom. The number of rotatable bonds is 10. The number of amides is 1. The summed E-state index contributed by atoms with van der Waals surface area (Å²) in [4.78, 5) is 15.3. The van der Waals surface area contributed by atoms with Gasteiger partial charge in [-0.2, -0.15) is 0 Å². The fourth-order valence-corrected chi connectivity index (χ4v) is 7.75. The van der Waals surface area contributed by atoms with Crippen molar-refractivity contribution >= 4 is 33.2 Å². The predicted octanol–water partition coefficient (Wildman–Crippen LogP) is 5.41. The van der Waals surface area contributed by atoms with Crippen LogP contribution in [0.15, 0.2) is 61.7 Å². The normalized spacial score (nSPS) is 24.2. The topological polar surface area (TPSA) is 95.9 Å². The second-order valence-corrected chi connectivity index (χ2v) is 14.0. The molecule has 4 atom stereocenters. The van der Waals surface area contributed by atoms with Crippen LogP contribution in [0.25, 0.3) is 0 Å². The highest BCUT2D eigenvalue weighted by atomic mass is 35.5. The molecule has 5 rings (SSSR count). The Kier molecular flexibility index (Phi) is 8.83. The minimum atomic E-state index is -3.82. The summed E-state index contributed by atoms with van der Waals surface area (Å²) in [5.41, 5.74) is 3.29. The van der Waals surface area contributed by atoms with Gasteiger partial charge in [-0.3, -0.25) is 4.79 Å². The van der Waals surface area contributed by atoms with Crippen molar-refractivity contribution < 1.29 is 23.1 Å². The molecule has 3 aliphatic rings. The molecular weight excluding hydrogens is 560 g/mol. The number of aliphatic hydroxyl groups is 1. The summed E-state index contributed by atoms with van der Waals surface area (Å²) in [6.07, 6.45) is 9.04. The molecule has 41 heavy (non-hydrogen) atoms. The van der Waals surface area contributed by atoms with Crippen molar-refractivity contribution in [2.45, 2.75) is 56.5 Å². The Labute approximate surface area is 248 Å². The van der Waals surface area contributed by atoms with Crippen LogP contribution in [0.3, 0.4) is 0 Å². The second-order valence-electron chi connectivity index (χ2n) is 11.8. The Morgan fingerprint density at radius 1 is 1.20 bits per heavy atom. The maximum atomic E-state index is 13.0. The molecule has 220 valence electrons. The number of carbonyl (C=O) groups is 1. The fraction of sp³-hybridized carbons (Fsp3) is 0.469. The first kappa shape index (κ1) is 29.7. The summed E-state index contributed by atoms with van der Waals surface area (Å²) in [5, 5.41) is 11.2. The quantitative estimate of drug-likeness (QED) is 0.355. The van der Waals surface area contributed by atoms with Gasteiger partial charge in [0.2, 0.25) is 10.0 Å². The zero-order valence-electron chi connectivity index (χ0n) is 23.4. The molecule has 1 fully saturated rings. The number of nitrogens with one attached hydrogen (secondary N) is 1. The zero-order chi connectivity index (χ0) is 29.2. The molecule has 2 aromatic rings. The van der Waals surface area contributed by atoms with E-state index in [-0.39, 0.29) is 16.7 Å². The summed E-state index contributed by atoms with van der Waals surface area (Å²) in [6, 6.07) is 11.3. The smallest absolute Gasteiger partial charge is 0.264 e. The summed E-state index contributed by atoms with van der Waals surface area (Å²) in [7, 11) is -3.82. The summed E-state index contributed by atoms with van der Waals surface area (Å²) < 4.78 is 33.2. The maximum Gasteiger partial charge on any atom is 0.264 e. The van der Waals surface area contributed by atoms with E-state index in [9.17, 15) is 18.3 Å².